The van der Waals surface area contributed by atoms with Gasteiger partial charge < -0.3 is 24.6 Å². The number of aliphatic hydroxyl groups is 1. The Balaban J connectivity index is 1.26. The van der Waals surface area contributed by atoms with Crippen molar-refractivity contribution in [2.45, 2.75) is 42.4 Å². The summed E-state index contributed by atoms with van der Waals surface area (Å²) in [6.07, 6.45) is 0.833. The molecule has 1 saturated heterocycles. The van der Waals surface area contributed by atoms with Crippen LogP contribution in [-0.2, 0) is 14.8 Å². The van der Waals surface area contributed by atoms with E-state index in [2.05, 4.69) is 10.0 Å². The summed E-state index contributed by atoms with van der Waals surface area (Å²) in [6, 6.07) is 12.6. The first-order valence-corrected chi connectivity index (χ1v) is 12.0. The highest BCUT2D eigenvalue weighted by Gasteiger charge is 2.33. The summed E-state index contributed by atoms with van der Waals surface area (Å²) < 4.78 is 44.3. The van der Waals surface area contributed by atoms with Gasteiger partial charge in [0.1, 0.15) is 0 Å². The third-order valence-corrected chi connectivity index (χ3v) is 7.05. The van der Waals surface area contributed by atoms with Crippen molar-refractivity contribution in [1.82, 2.24) is 10.0 Å². The molecule has 2 aromatic rings. The molecule has 4 rings (SSSR count). The van der Waals surface area contributed by atoms with E-state index >= 15 is 0 Å². The predicted molar refractivity (Wildman–Crippen MR) is 115 cm³/mol. The van der Waals surface area contributed by atoms with Crippen LogP contribution < -0.4 is 19.5 Å². The van der Waals surface area contributed by atoms with Gasteiger partial charge in [-0.1, -0.05) is 18.2 Å². The first-order valence-electron chi connectivity index (χ1n) is 10.5. The van der Waals surface area contributed by atoms with E-state index in [4.69, 9.17) is 14.2 Å². The molecule has 1 amide bonds. The quantitative estimate of drug-likeness (QED) is 0.542. The number of carbonyl (C=O) groups excluding carboxylic acids is 1. The highest BCUT2D eigenvalue weighted by molar-refractivity contribution is 7.89. The van der Waals surface area contributed by atoms with Gasteiger partial charge in [-0.15, -0.1) is 0 Å². The third-order valence-electron chi connectivity index (χ3n) is 5.54. The monoisotopic (exact) mass is 462 g/mol. The molecule has 0 aliphatic carbocycles. The van der Waals surface area contributed by atoms with Crippen LogP contribution in [0.1, 0.15) is 29.6 Å². The van der Waals surface area contributed by atoms with Gasteiger partial charge in [0.25, 0.3) is 5.91 Å². The number of sulfonamides is 1. The molecule has 0 aromatic heterocycles. The van der Waals surface area contributed by atoms with Crippen LogP contribution in [0.15, 0.2) is 53.4 Å². The highest BCUT2D eigenvalue weighted by Crippen LogP contribution is 2.32. The van der Waals surface area contributed by atoms with E-state index in [1.54, 1.807) is 36.4 Å². The molecule has 0 spiro atoms. The van der Waals surface area contributed by atoms with Gasteiger partial charge in [0.05, 0.1) is 29.8 Å². The minimum absolute atomic E-state index is 0.147. The Labute approximate surface area is 186 Å². The summed E-state index contributed by atoms with van der Waals surface area (Å²) in [7, 11) is -3.70. The van der Waals surface area contributed by atoms with Gasteiger partial charge in [-0.3, -0.25) is 4.79 Å². The number of hydrogen-bond donors (Lipinski definition) is 3. The van der Waals surface area contributed by atoms with Crippen LogP contribution in [0.3, 0.4) is 0 Å². The Bertz CT molecular complexity index is 1050. The zero-order chi connectivity index (χ0) is 22.6. The normalized spacial score (nSPS) is 22.5. The molecule has 0 bridgehead atoms. The zero-order valence-corrected chi connectivity index (χ0v) is 18.2. The van der Waals surface area contributed by atoms with E-state index in [1.165, 1.54) is 12.1 Å². The van der Waals surface area contributed by atoms with Crippen molar-refractivity contribution in [3.05, 3.63) is 54.1 Å². The molecule has 32 heavy (non-hydrogen) atoms. The van der Waals surface area contributed by atoms with Gasteiger partial charge in [-0.25, -0.2) is 13.1 Å². The van der Waals surface area contributed by atoms with Crippen molar-refractivity contribution < 1.29 is 32.5 Å². The van der Waals surface area contributed by atoms with Gasteiger partial charge in [-0.2, -0.15) is 0 Å². The number of nitrogens with one attached hydrogen (secondary N) is 2. The van der Waals surface area contributed by atoms with Crippen LogP contribution >= 0.6 is 0 Å². The van der Waals surface area contributed by atoms with Gasteiger partial charge in [0.2, 0.25) is 16.8 Å². The van der Waals surface area contributed by atoms with E-state index in [0.717, 1.165) is 0 Å². The maximum Gasteiger partial charge on any atom is 0.251 e. The van der Waals surface area contributed by atoms with Gasteiger partial charge in [-0.05, 0) is 49.6 Å². The second-order valence-electron chi connectivity index (χ2n) is 7.71. The van der Waals surface area contributed by atoms with E-state index in [-0.39, 0.29) is 30.3 Å². The van der Waals surface area contributed by atoms with Crippen molar-refractivity contribution in [2.75, 3.05) is 19.9 Å². The molecule has 9 nitrogen and oxygen atoms in total. The molecule has 0 radical (unpaired) electrons. The number of ether oxygens (including phenoxy) is 3. The number of rotatable bonds is 8. The highest BCUT2D eigenvalue weighted by atomic mass is 32.2. The maximum absolute atomic E-state index is 12.6. The summed E-state index contributed by atoms with van der Waals surface area (Å²) in [6.45, 7) is 0.229. The number of carbonyl (C=O) groups is 1. The van der Waals surface area contributed by atoms with Crippen molar-refractivity contribution in [2.24, 2.45) is 0 Å². The molecular weight excluding hydrogens is 436 g/mol. The predicted octanol–water partition coefficient (Wildman–Crippen LogP) is 1.42. The summed E-state index contributed by atoms with van der Waals surface area (Å²) in [5.41, 5.74) is 0.474. The lowest BCUT2D eigenvalue weighted by atomic mass is 9.98. The van der Waals surface area contributed by atoms with Crippen molar-refractivity contribution in [3.8, 4) is 11.5 Å². The minimum atomic E-state index is -3.70. The van der Waals surface area contributed by atoms with E-state index in [1.807, 2.05) is 0 Å². The van der Waals surface area contributed by atoms with Gasteiger partial charge in [0, 0.05) is 12.1 Å². The van der Waals surface area contributed by atoms with Crippen LogP contribution in [-0.4, -0.2) is 57.6 Å². The fourth-order valence-corrected chi connectivity index (χ4v) is 5.15. The first-order chi connectivity index (χ1) is 15.5. The largest absolute Gasteiger partial charge is 0.454 e. The smallest absolute Gasteiger partial charge is 0.251 e. The van der Waals surface area contributed by atoms with Crippen LogP contribution in [0, 0.1) is 0 Å². The molecule has 172 valence electrons. The second kappa shape index (κ2) is 9.86. The Morgan fingerprint density at radius 3 is 2.62 bits per heavy atom. The molecule has 2 heterocycles. The molecule has 2 aromatic carbocycles. The topological polar surface area (TPSA) is 123 Å². The lowest BCUT2D eigenvalue weighted by Crippen LogP contribution is -2.51. The fraction of sp³-hybridized carbons (Fsp3) is 0.409. The summed E-state index contributed by atoms with van der Waals surface area (Å²) in [4.78, 5) is 12.6. The van der Waals surface area contributed by atoms with Crippen molar-refractivity contribution in [3.63, 3.8) is 0 Å². The molecule has 2 aliphatic rings. The second-order valence-corrected chi connectivity index (χ2v) is 9.42. The minimum Gasteiger partial charge on any atom is -0.454 e. The molecule has 1 fully saturated rings. The average molecular weight is 463 g/mol. The Morgan fingerprint density at radius 1 is 1.06 bits per heavy atom. The number of benzene rings is 2. The third kappa shape index (κ3) is 5.21. The fourth-order valence-electron chi connectivity index (χ4n) is 3.83. The zero-order valence-electron chi connectivity index (χ0n) is 17.4. The average Bonchev–Trinajstić information content (AvgIpc) is 3.28. The Morgan fingerprint density at radius 2 is 1.84 bits per heavy atom. The number of amides is 1. The molecule has 3 atom stereocenters. The molecule has 0 saturated carbocycles. The molecule has 10 heteroatoms. The number of aliphatic hydroxyl groups excluding tert-OH is 1. The standard InChI is InChI=1S/C22H26N2O7S/c25-13-21-18(24-32(27,28)17-4-2-1-3-5-17)8-7-16(31-21)10-11-23-22(26)15-6-9-19-20(12-15)30-14-29-19/h1-6,9,12,16,18,21,24-25H,7-8,10-11,13-14H2,(H,23,26)/t16-,18+,21+/m1/s1. The maximum atomic E-state index is 12.6. The summed E-state index contributed by atoms with van der Waals surface area (Å²) in [5.74, 6) is 0.930. The summed E-state index contributed by atoms with van der Waals surface area (Å²) in [5, 5.41) is 12.6. The van der Waals surface area contributed by atoms with E-state index in [9.17, 15) is 18.3 Å². The Hall–Kier alpha value is -2.66. The van der Waals surface area contributed by atoms with Crippen molar-refractivity contribution >= 4 is 15.9 Å². The molecule has 0 unspecified atom stereocenters. The van der Waals surface area contributed by atoms with Crippen LogP contribution in [0.4, 0.5) is 0 Å². The number of fused-ring (bicyclic) bond motifs is 1. The van der Waals surface area contributed by atoms with E-state index < -0.39 is 22.2 Å². The SMILES string of the molecule is O=C(NCC[C@H]1CC[C@H](NS(=O)(=O)c2ccccc2)[C@H](CO)O1)c1ccc2c(c1)OCO2. The van der Waals surface area contributed by atoms with E-state index in [0.29, 0.717) is 42.9 Å². The molecule has 3 N–H and O–H groups in total. The van der Waals surface area contributed by atoms with Crippen LogP contribution in [0.2, 0.25) is 0 Å². The molecule has 2 aliphatic heterocycles. The van der Waals surface area contributed by atoms with Gasteiger partial charge >= 0.3 is 0 Å². The van der Waals surface area contributed by atoms with Crippen LogP contribution in [0.5, 0.6) is 11.5 Å². The first kappa shape index (κ1) is 22.5. The lowest BCUT2D eigenvalue weighted by molar-refractivity contribution is -0.0871. The Kier molecular flexibility index (Phi) is 6.95. The summed E-state index contributed by atoms with van der Waals surface area (Å²) >= 11 is 0. The lowest BCUT2D eigenvalue weighted by Gasteiger charge is -2.36. The molecular formula is C22H26N2O7S. The number of hydrogen-bond acceptors (Lipinski definition) is 7. The van der Waals surface area contributed by atoms with Crippen molar-refractivity contribution in [1.29, 1.82) is 0 Å². The van der Waals surface area contributed by atoms with Gasteiger partial charge in [0.15, 0.2) is 11.5 Å². The van der Waals surface area contributed by atoms with Crippen LogP contribution in [0.25, 0.3) is 0 Å².